The highest BCUT2D eigenvalue weighted by atomic mass is 32.1. The molecule has 1 saturated carbocycles. The van der Waals surface area contributed by atoms with Crippen molar-refractivity contribution in [3.8, 4) is 32.8 Å². The van der Waals surface area contributed by atoms with Crippen molar-refractivity contribution in [3.05, 3.63) is 78.9 Å². The first-order valence-electron chi connectivity index (χ1n) is 10.3. The first-order chi connectivity index (χ1) is 15.5. The zero-order chi connectivity index (χ0) is 22.1. The van der Waals surface area contributed by atoms with Gasteiger partial charge < -0.3 is 10.4 Å². The topological polar surface area (TPSA) is 75.1 Å². The van der Waals surface area contributed by atoms with Crippen LogP contribution >= 0.6 is 11.3 Å². The smallest absolute Gasteiger partial charge is 0.311 e. The maximum absolute atomic E-state index is 13.2. The normalized spacial score (nSPS) is 14.2. The Morgan fingerprint density at radius 1 is 1.00 bits per heavy atom. The van der Waals surface area contributed by atoms with Gasteiger partial charge in [-0.05, 0) is 42.2 Å². The number of rotatable bonds is 7. The third-order valence-electron chi connectivity index (χ3n) is 5.77. The van der Waals surface area contributed by atoms with E-state index in [-0.39, 0.29) is 5.82 Å². The summed E-state index contributed by atoms with van der Waals surface area (Å²) in [5, 5.41) is 13.4. The molecule has 2 N–H and O–H groups in total. The van der Waals surface area contributed by atoms with Gasteiger partial charge in [0.05, 0.1) is 16.0 Å². The second-order valence-corrected chi connectivity index (χ2v) is 8.96. The van der Waals surface area contributed by atoms with E-state index in [0.29, 0.717) is 24.5 Å². The van der Waals surface area contributed by atoms with Crippen LogP contribution in [-0.2, 0) is 4.79 Å². The summed E-state index contributed by atoms with van der Waals surface area (Å²) in [6.07, 6.45) is 4.90. The Morgan fingerprint density at radius 3 is 2.25 bits per heavy atom. The highest BCUT2D eigenvalue weighted by Crippen LogP contribution is 2.46. The largest absolute Gasteiger partial charge is 0.481 e. The molecule has 0 saturated heterocycles. The first-order valence-corrected chi connectivity index (χ1v) is 11.1. The zero-order valence-corrected chi connectivity index (χ0v) is 17.9. The van der Waals surface area contributed by atoms with Crippen LogP contribution in [0.1, 0.15) is 12.8 Å². The molecule has 0 unspecified atom stereocenters. The molecule has 2 aromatic carbocycles. The molecule has 1 aliphatic rings. The van der Waals surface area contributed by atoms with Gasteiger partial charge in [-0.3, -0.25) is 9.78 Å². The number of hydrogen-bond donors (Lipinski definition) is 2. The van der Waals surface area contributed by atoms with Gasteiger partial charge >= 0.3 is 5.97 Å². The summed E-state index contributed by atoms with van der Waals surface area (Å²) < 4.78 is 13.2. The Kier molecular flexibility index (Phi) is 5.19. The minimum Gasteiger partial charge on any atom is -0.481 e. The van der Waals surface area contributed by atoms with Gasteiger partial charge in [-0.2, -0.15) is 0 Å². The first kappa shape index (κ1) is 20.3. The van der Waals surface area contributed by atoms with Crippen LogP contribution in [0.25, 0.3) is 32.8 Å². The summed E-state index contributed by atoms with van der Waals surface area (Å²) in [4.78, 5) is 21.5. The molecule has 4 aromatic rings. The Bertz CT molecular complexity index is 1250. The number of hydrogen-bond acceptors (Lipinski definition) is 5. The number of pyridine rings is 1. The second-order valence-electron chi connectivity index (χ2n) is 7.96. The molecule has 2 aromatic heterocycles. The van der Waals surface area contributed by atoms with Crippen LogP contribution < -0.4 is 5.32 Å². The lowest BCUT2D eigenvalue weighted by Crippen LogP contribution is -2.24. The van der Waals surface area contributed by atoms with Gasteiger partial charge in [0.15, 0.2) is 5.13 Å². The van der Waals surface area contributed by atoms with Crippen LogP contribution in [-0.4, -0.2) is 27.6 Å². The Balaban J connectivity index is 1.47. The number of halogens is 1. The van der Waals surface area contributed by atoms with E-state index in [2.05, 4.69) is 10.3 Å². The predicted molar refractivity (Wildman–Crippen MR) is 124 cm³/mol. The summed E-state index contributed by atoms with van der Waals surface area (Å²) >= 11 is 1.49. The van der Waals surface area contributed by atoms with Crippen LogP contribution in [0.3, 0.4) is 0 Å². The molecular weight excluding hydrogens is 425 g/mol. The maximum atomic E-state index is 13.2. The number of nitrogens with one attached hydrogen (secondary N) is 1. The molecule has 1 fully saturated rings. The van der Waals surface area contributed by atoms with Crippen LogP contribution in [0.15, 0.2) is 73.1 Å². The number of nitrogens with zero attached hydrogens (tertiary/aromatic N) is 2. The fourth-order valence-electron chi connectivity index (χ4n) is 3.61. The lowest BCUT2D eigenvalue weighted by molar-refractivity contribution is -0.142. The van der Waals surface area contributed by atoms with Crippen LogP contribution in [0, 0.1) is 11.2 Å². The Morgan fingerprint density at radius 2 is 1.66 bits per heavy atom. The van der Waals surface area contributed by atoms with E-state index in [0.717, 1.165) is 32.8 Å². The summed E-state index contributed by atoms with van der Waals surface area (Å²) in [5.41, 5.74) is 3.97. The second kappa shape index (κ2) is 8.16. The third-order valence-corrected chi connectivity index (χ3v) is 6.83. The van der Waals surface area contributed by atoms with Gasteiger partial charge in [0.25, 0.3) is 0 Å². The Labute approximate surface area is 188 Å². The molecule has 1 aliphatic carbocycles. The van der Waals surface area contributed by atoms with E-state index in [1.165, 1.54) is 23.5 Å². The highest BCUT2D eigenvalue weighted by molar-refractivity contribution is 7.19. The van der Waals surface area contributed by atoms with Crippen molar-refractivity contribution in [2.24, 2.45) is 5.41 Å². The third kappa shape index (κ3) is 3.99. The number of benzene rings is 2. The van der Waals surface area contributed by atoms with Gasteiger partial charge in [-0.1, -0.05) is 53.8 Å². The van der Waals surface area contributed by atoms with Gasteiger partial charge in [0, 0.05) is 30.1 Å². The average molecular weight is 446 g/mol. The molecule has 0 radical (unpaired) electrons. The van der Waals surface area contributed by atoms with Crippen LogP contribution in [0.5, 0.6) is 0 Å². The van der Waals surface area contributed by atoms with Crippen LogP contribution in [0.2, 0.25) is 0 Å². The summed E-state index contributed by atoms with van der Waals surface area (Å²) in [5.74, 6) is -1.02. The molecule has 0 spiro atoms. The van der Waals surface area contributed by atoms with E-state index in [9.17, 15) is 14.3 Å². The van der Waals surface area contributed by atoms with E-state index in [1.807, 2.05) is 36.4 Å². The van der Waals surface area contributed by atoms with Crippen molar-refractivity contribution >= 4 is 22.4 Å². The summed E-state index contributed by atoms with van der Waals surface area (Å²) in [6, 6.07) is 18.3. The van der Waals surface area contributed by atoms with E-state index >= 15 is 0 Å². The minimum absolute atomic E-state index is 0.259. The van der Waals surface area contributed by atoms with Gasteiger partial charge in [-0.15, -0.1) is 0 Å². The molecule has 0 amide bonds. The molecule has 0 atom stereocenters. The van der Waals surface area contributed by atoms with Crippen molar-refractivity contribution in [2.45, 2.75) is 12.8 Å². The van der Waals surface area contributed by atoms with Gasteiger partial charge in [0.1, 0.15) is 5.82 Å². The monoisotopic (exact) mass is 445 g/mol. The van der Waals surface area contributed by atoms with Crippen molar-refractivity contribution < 1.29 is 14.3 Å². The highest BCUT2D eigenvalue weighted by Gasteiger charge is 2.50. The molecule has 5 rings (SSSR count). The van der Waals surface area contributed by atoms with Crippen molar-refractivity contribution in [1.82, 2.24) is 9.97 Å². The quantitative estimate of drug-likeness (QED) is 0.367. The fraction of sp³-hybridized carbons (Fsp3) is 0.160. The number of carbonyl (C=O) groups is 1. The van der Waals surface area contributed by atoms with Crippen molar-refractivity contribution in [2.75, 3.05) is 11.9 Å². The van der Waals surface area contributed by atoms with E-state index in [1.54, 1.807) is 24.5 Å². The molecule has 0 aliphatic heterocycles. The number of aromatic nitrogens is 2. The van der Waals surface area contributed by atoms with Crippen LogP contribution in [0.4, 0.5) is 9.52 Å². The number of thiazole rings is 1. The average Bonchev–Trinajstić information content (AvgIpc) is 3.51. The molecule has 0 bridgehead atoms. The number of aliphatic carboxylic acids is 1. The van der Waals surface area contributed by atoms with E-state index < -0.39 is 11.4 Å². The molecule has 5 nitrogen and oxygen atoms in total. The fourth-order valence-corrected chi connectivity index (χ4v) is 4.58. The molecule has 2 heterocycles. The maximum Gasteiger partial charge on any atom is 0.311 e. The lowest BCUT2D eigenvalue weighted by atomic mass is 10.0. The SMILES string of the molecule is O=C(O)C1(CNc2nc(-c3ccc(-c4ccc(F)cc4)cc3)c(-c3cccnc3)s2)CC1. The standard InChI is InChI=1S/C25H20FN3O2S/c26-20-9-7-17(8-10-20)16-3-5-18(6-4-16)21-22(19-2-1-13-27-14-19)32-24(29-21)28-15-25(11-12-25)23(30)31/h1-10,13-14H,11-12,15H2,(H,28,29)(H,30,31). The van der Waals surface area contributed by atoms with Crippen molar-refractivity contribution in [3.63, 3.8) is 0 Å². The zero-order valence-electron chi connectivity index (χ0n) is 17.1. The molecular formula is C25H20FN3O2S. The predicted octanol–water partition coefficient (Wildman–Crippen LogP) is 5.95. The molecule has 160 valence electrons. The lowest BCUT2D eigenvalue weighted by Gasteiger charge is -2.09. The molecule has 32 heavy (non-hydrogen) atoms. The summed E-state index contributed by atoms with van der Waals surface area (Å²) in [7, 11) is 0. The number of anilines is 1. The number of carboxylic acids is 1. The Hall–Kier alpha value is -3.58. The minimum atomic E-state index is -0.759. The van der Waals surface area contributed by atoms with E-state index in [4.69, 9.17) is 4.98 Å². The molecule has 7 heteroatoms. The number of carboxylic acid groups (broad SMARTS) is 1. The van der Waals surface area contributed by atoms with Crippen molar-refractivity contribution in [1.29, 1.82) is 0 Å². The van der Waals surface area contributed by atoms with Gasteiger partial charge in [0.2, 0.25) is 0 Å². The summed E-state index contributed by atoms with van der Waals surface area (Å²) in [6.45, 7) is 0.366. The van der Waals surface area contributed by atoms with Gasteiger partial charge in [-0.25, -0.2) is 9.37 Å².